The van der Waals surface area contributed by atoms with Gasteiger partial charge < -0.3 is 15.2 Å². The molecule has 0 unspecified atom stereocenters. The maximum Gasteiger partial charge on any atom is 0.337 e. The summed E-state index contributed by atoms with van der Waals surface area (Å²) in [5.41, 5.74) is 1.96. The number of anilines is 1. The first kappa shape index (κ1) is 13.5. The average Bonchev–Trinajstić information content (AvgIpc) is 2.30. The van der Waals surface area contributed by atoms with Crippen molar-refractivity contribution >= 4 is 11.7 Å². The Hall–Kier alpha value is -1.55. The van der Waals surface area contributed by atoms with Crippen molar-refractivity contribution in [3.63, 3.8) is 0 Å². The van der Waals surface area contributed by atoms with E-state index in [2.05, 4.69) is 5.32 Å². The number of aromatic carboxylic acids is 1. The van der Waals surface area contributed by atoms with Gasteiger partial charge in [0.05, 0.1) is 5.56 Å². The topological polar surface area (TPSA) is 58.6 Å². The number of carbonyl (C=O) groups is 1. The second-order valence-corrected chi connectivity index (χ2v) is 3.98. The van der Waals surface area contributed by atoms with Crippen LogP contribution in [0.3, 0.4) is 0 Å². The maximum atomic E-state index is 11.0. The molecule has 0 aliphatic carbocycles. The second kappa shape index (κ2) is 6.91. The first-order valence-electron chi connectivity index (χ1n) is 5.72. The van der Waals surface area contributed by atoms with E-state index < -0.39 is 5.97 Å². The molecule has 1 rings (SSSR count). The van der Waals surface area contributed by atoms with Crippen molar-refractivity contribution in [3.05, 3.63) is 29.3 Å². The van der Waals surface area contributed by atoms with E-state index in [1.807, 2.05) is 19.1 Å². The van der Waals surface area contributed by atoms with E-state index in [1.165, 1.54) is 0 Å². The smallest absolute Gasteiger partial charge is 0.337 e. The molecule has 94 valence electrons. The van der Waals surface area contributed by atoms with Crippen molar-refractivity contribution in [1.82, 2.24) is 0 Å². The van der Waals surface area contributed by atoms with Crippen LogP contribution in [0.2, 0.25) is 0 Å². The van der Waals surface area contributed by atoms with Crippen LogP contribution in [0.5, 0.6) is 0 Å². The fraction of sp³-hybridized carbons (Fsp3) is 0.462. The van der Waals surface area contributed by atoms with Gasteiger partial charge in [0, 0.05) is 25.9 Å². The zero-order chi connectivity index (χ0) is 12.7. The molecular formula is C13H19NO3. The van der Waals surface area contributed by atoms with Crippen molar-refractivity contribution in [1.29, 1.82) is 0 Å². The Morgan fingerprint density at radius 3 is 2.82 bits per heavy atom. The third-order valence-electron chi connectivity index (χ3n) is 2.50. The highest BCUT2D eigenvalue weighted by Crippen LogP contribution is 2.17. The number of hydrogen-bond acceptors (Lipinski definition) is 3. The molecule has 0 bridgehead atoms. The average molecular weight is 237 g/mol. The van der Waals surface area contributed by atoms with Crippen LogP contribution >= 0.6 is 0 Å². The summed E-state index contributed by atoms with van der Waals surface area (Å²) in [4.78, 5) is 11.0. The van der Waals surface area contributed by atoms with Gasteiger partial charge in [-0.1, -0.05) is 11.6 Å². The Morgan fingerprint density at radius 2 is 2.18 bits per heavy atom. The summed E-state index contributed by atoms with van der Waals surface area (Å²) in [5, 5.41) is 12.2. The van der Waals surface area contributed by atoms with Gasteiger partial charge in [-0.15, -0.1) is 0 Å². The third kappa shape index (κ3) is 4.44. The molecule has 0 spiro atoms. The van der Waals surface area contributed by atoms with Crippen molar-refractivity contribution in [2.75, 3.05) is 25.6 Å². The molecule has 0 amide bonds. The molecule has 4 nitrogen and oxygen atoms in total. The monoisotopic (exact) mass is 237 g/mol. The first-order chi connectivity index (χ1) is 8.15. The predicted octanol–water partition coefficient (Wildman–Crippen LogP) is 2.53. The Balaban J connectivity index is 2.55. The van der Waals surface area contributed by atoms with Crippen molar-refractivity contribution in [3.8, 4) is 0 Å². The van der Waals surface area contributed by atoms with Gasteiger partial charge >= 0.3 is 5.97 Å². The Kier molecular flexibility index (Phi) is 5.49. The fourth-order valence-corrected chi connectivity index (χ4v) is 1.58. The molecule has 0 fully saturated rings. The number of nitrogens with one attached hydrogen (secondary N) is 1. The minimum atomic E-state index is -0.895. The standard InChI is InChI=1S/C13H19NO3/c1-10-5-6-12(11(9-10)13(15)16)14-7-3-4-8-17-2/h5-6,9,14H,3-4,7-8H2,1-2H3,(H,15,16). The van der Waals surface area contributed by atoms with E-state index in [9.17, 15) is 4.79 Å². The van der Waals surface area contributed by atoms with Crippen LogP contribution in [0.25, 0.3) is 0 Å². The summed E-state index contributed by atoms with van der Waals surface area (Å²) in [6, 6.07) is 5.40. The normalized spacial score (nSPS) is 10.2. The molecule has 2 N–H and O–H groups in total. The predicted molar refractivity (Wildman–Crippen MR) is 67.7 cm³/mol. The third-order valence-corrected chi connectivity index (χ3v) is 2.50. The summed E-state index contributed by atoms with van der Waals surface area (Å²) >= 11 is 0. The molecule has 0 aliphatic rings. The van der Waals surface area contributed by atoms with Crippen LogP contribution in [0.4, 0.5) is 5.69 Å². The number of methoxy groups -OCH3 is 1. The van der Waals surface area contributed by atoms with Gasteiger partial charge in [0.15, 0.2) is 0 Å². The highest BCUT2D eigenvalue weighted by Gasteiger charge is 2.09. The molecule has 17 heavy (non-hydrogen) atoms. The minimum absolute atomic E-state index is 0.330. The van der Waals surface area contributed by atoms with Gasteiger partial charge in [-0.05, 0) is 31.9 Å². The van der Waals surface area contributed by atoms with E-state index >= 15 is 0 Å². The maximum absolute atomic E-state index is 11.0. The number of hydrogen-bond donors (Lipinski definition) is 2. The van der Waals surface area contributed by atoms with Crippen LogP contribution in [-0.2, 0) is 4.74 Å². The summed E-state index contributed by atoms with van der Waals surface area (Å²) in [6.07, 6.45) is 1.93. The number of ether oxygens (including phenoxy) is 1. The molecule has 1 aromatic carbocycles. The molecule has 0 radical (unpaired) electrons. The van der Waals surface area contributed by atoms with Crippen LogP contribution < -0.4 is 5.32 Å². The van der Waals surface area contributed by atoms with Crippen molar-refractivity contribution < 1.29 is 14.6 Å². The highest BCUT2D eigenvalue weighted by atomic mass is 16.5. The van der Waals surface area contributed by atoms with E-state index in [-0.39, 0.29) is 0 Å². The molecule has 0 aromatic heterocycles. The van der Waals surface area contributed by atoms with Crippen LogP contribution in [0.15, 0.2) is 18.2 Å². The van der Waals surface area contributed by atoms with Gasteiger partial charge in [0.2, 0.25) is 0 Å². The van der Waals surface area contributed by atoms with Crippen molar-refractivity contribution in [2.45, 2.75) is 19.8 Å². The lowest BCUT2D eigenvalue weighted by molar-refractivity contribution is 0.0698. The lowest BCUT2D eigenvalue weighted by Gasteiger charge is -2.10. The molecule has 4 heteroatoms. The van der Waals surface area contributed by atoms with Crippen LogP contribution in [0.1, 0.15) is 28.8 Å². The quantitative estimate of drug-likeness (QED) is 0.715. The van der Waals surface area contributed by atoms with Crippen LogP contribution in [-0.4, -0.2) is 31.3 Å². The Morgan fingerprint density at radius 1 is 1.41 bits per heavy atom. The van der Waals surface area contributed by atoms with Gasteiger partial charge in [0.25, 0.3) is 0 Å². The molecule has 1 aromatic rings. The number of aryl methyl sites for hydroxylation is 1. The molecule has 0 saturated carbocycles. The first-order valence-corrected chi connectivity index (χ1v) is 5.72. The summed E-state index contributed by atoms with van der Waals surface area (Å²) in [6.45, 7) is 3.38. The lowest BCUT2D eigenvalue weighted by Crippen LogP contribution is -2.08. The number of carboxylic acid groups (broad SMARTS) is 1. The molecule has 0 heterocycles. The number of unbranched alkanes of at least 4 members (excludes halogenated alkanes) is 1. The van der Waals surface area contributed by atoms with Crippen molar-refractivity contribution in [2.24, 2.45) is 0 Å². The lowest BCUT2D eigenvalue weighted by atomic mass is 10.1. The number of rotatable bonds is 7. The SMILES string of the molecule is COCCCCNc1ccc(C)cc1C(=O)O. The minimum Gasteiger partial charge on any atom is -0.478 e. The van der Waals surface area contributed by atoms with E-state index in [0.717, 1.165) is 31.6 Å². The van der Waals surface area contributed by atoms with E-state index in [0.29, 0.717) is 11.3 Å². The molecule has 0 saturated heterocycles. The van der Waals surface area contributed by atoms with Gasteiger partial charge in [0.1, 0.15) is 0 Å². The zero-order valence-electron chi connectivity index (χ0n) is 10.3. The van der Waals surface area contributed by atoms with Crippen LogP contribution in [0, 0.1) is 6.92 Å². The Bertz CT molecular complexity index is 377. The largest absolute Gasteiger partial charge is 0.478 e. The molecular weight excluding hydrogens is 218 g/mol. The summed E-state index contributed by atoms with van der Waals surface area (Å²) in [7, 11) is 1.68. The Labute approximate surface area is 102 Å². The highest BCUT2D eigenvalue weighted by molar-refractivity contribution is 5.94. The van der Waals surface area contributed by atoms with Gasteiger partial charge in [-0.2, -0.15) is 0 Å². The van der Waals surface area contributed by atoms with E-state index in [4.69, 9.17) is 9.84 Å². The van der Waals surface area contributed by atoms with E-state index in [1.54, 1.807) is 13.2 Å². The number of carboxylic acids is 1. The fourth-order valence-electron chi connectivity index (χ4n) is 1.58. The summed E-state index contributed by atoms with van der Waals surface area (Å²) < 4.78 is 4.95. The second-order valence-electron chi connectivity index (χ2n) is 3.98. The molecule has 0 aliphatic heterocycles. The van der Waals surface area contributed by atoms with Gasteiger partial charge in [-0.25, -0.2) is 4.79 Å². The zero-order valence-corrected chi connectivity index (χ0v) is 10.3. The summed E-state index contributed by atoms with van der Waals surface area (Å²) in [5.74, 6) is -0.895. The number of benzene rings is 1. The van der Waals surface area contributed by atoms with Gasteiger partial charge in [-0.3, -0.25) is 0 Å². The molecule has 0 atom stereocenters.